The van der Waals surface area contributed by atoms with E-state index in [9.17, 15) is 9.59 Å². The van der Waals surface area contributed by atoms with E-state index in [0.29, 0.717) is 40.8 Å². The van der Waals surface area contributed by atoms with Gasteiger partial charge in [-0.15, -0.1) is 0 Å². The Morgan fingerprint density at radius 3 is 2.31 bits per heavy atom. The first-order valence-corrected chi connectivity index (χ1v) is 12.4. The summed E-state index contributed by atoms with van der Waals surface area (Å²) >= 11 is 12.5. The molecule has 0 saturated heterocycles. The minimum Gasteiger partial charge on any atom is -0.497 e. The van der Waals surface area contributed by atoms with Crippen molar-refractivity contribution >= 4 is 35.0 Å². The molecule has 190 valence electrons. The van der Waals surface area contributed by atoms with Crippen molar-refractivity contribution in [2.24, 2.45) is 0 Å². The van der Waals surface area contributed by atoms with Gasteiger partial charge in [0, 0.05) is 36.5 Å². The Kier molecular flexibility index (Phi) is 10.5. The Hall–Kier alpha value is -3.22. The normalized spacial score (nSPS) is 11.4. The maximum absolute atomic E-state index is 13.5. The van der Waals surface area contributed by atoms with Gasteiger partial charge in [0.25, 0.3) is 0 Å². The molecule has 0 bridgehead atoms. The molecule has 8 heteroatoms. The largest absolute Gasteiger partial charge is 0.497 e. The summed E-state index contributed by atoms with van der Waals surface area (Å²) < 4.78 is 10.9. The van der Waals surface area contributed by atoms with Crippen molar-refractivity contribution in [3.8, 4) is 11.5 Å². The molecule has 0 aliphatic heterocycles. The van der Waals surface area contributed by atoms with Gasteiger partial charge in [-0.05, 0) is 53.9 Å². The van der Waals surface area contributed by atoms with Gasteiger partial charge < -0.3 is 19.7 Å². The Morgan fingerprint density at radius 2 is 1.67 bits per heavy atom. The van der Waals surface area contributed by atoms with Crippen LogP contribution in [-0.4, -0.2) is 43.5 Å². The summed E-state index contributed by atoms with van der Waals surface area (Å²) in [7, 11) is 3.18. The number of ether oxygens (including phenoxy) is 2. The SMILES string of the molecule is CNC(=O)[C@@H](Cc1ccccc1)N(Cc1ccc(Cl)cc1Cl)C(=O)CCCOc1ccc(OC)cc1. The van der Waals surface area contributed by atoms with Crippen LogP contribution in [0.25, 0.3) is 0 Å². The first-order chi connectivity index (χ1) is 17.4. The molecule has 0 aliphatic carbocycles. The Balaban J connectivity index is 1.75. The molecule has 0 radical (unpaired) electrons. The van der Waals surface area contributed by atoms with Gasteiger partial charge in [0.1, 0.15) is 17.5 Å². The number of carbonyl (C=O) groups excluding carboxylic acids is 2. The number of nitrogens with zero attached hydrogens (tertiary/aromatic N) is 1. The Bertz CT molecular complexity index is 1140. The smallest absolute Gasteiger partial charge is 0.242 e. The van der Waals surface area contributed by atoms with Crippen molar-refractivity contribution in [2.75, 3.05) is 20.8 Å². The van der Waals surface area contributed by atoms with Gasteiger partial charge in [-0.2, -0.15) is 0 Å². The second-order valence-electron chi connectivity index (χ2n) is 8.20. The topological polar surface area (TPSA) is 67.9 Å². The van der Waals surface area contributed by atoms with Gasteiger partial charge in [0.05, 0.1) is 13.7 Å². The van der Waals surface area contributed by atoms with Gasteiger partial charge in [-0.1, -0.05) is 59.6 Å². The third-order valence-corrected chi connectivity index (χ3v) is 6.32. The summed E-state index contributed by atoms with van der Waals surface area (Å²) in [6, 6.07) is 21.3. The van der Waals surface area contributed by atoms with Crippen molar-refractivity contribution < 1.29 is 19.1 Å². The highest BCUT2D eigenvalue weighted by molar-refractivity contribution is 6.35. The van der Waals surface area contributed by atoms with E-state index in [1.807, 2.05) is 54.6 Å². The van der Waals surface area contributed by atoms with Gasteiger partial charge in [0.15, 0.2) is 0 Å². The monoisotopic (exact) mass is 528 g/mol. The number of hydrogen-bond donors (Lipinski definition) is 1. The molecule has 0 spiro atoms. The molecule has 0 aliphatic rings. The van der Waals surface area contributed by atoms with Crippen LogP contribution in [-0.2, 0) is 22.6 Å². The molecule has 36 heavy (non-hydrogen) atoms. The summed E-state index contributed by atoms with van der Waals surface area (Å²) in [6.07, 6.45) is 1.07. The Morgan fingerprint density at radius 1 is 0.972 bits per heavy atom. The van der Waals surface area contributed by atoms with Crippen molar-refractivity contribution in [3.63, 3.8) is 0 Å². The number of halogens is 2. The molecule has 3 aromatic carbocycles. The first kappa shape index (κ1) is 27.4. The van der Waals surface area contributed by atoms with Gasteiger partial charge in [0.2, 0.25) is 11.8 Å². The highest BCUT2D eigenvalue weighted by Crippen LogP contribution is 2.25. The summed E-state index contributed by atoms with van der Waals surface area (Å²) in [5.41, 5.74) is 1.67. The lowest BCUT2D eigenvalue weighted by Crippen LogP contribution is -2.49. The van der Waals surface area contributed by atoms with Crippen LogP contribution in [0.1, 0.15) is 24.0 Å². The van der Waals surface area contributed by atoms with Crippen LogP contribution in [0.4, 0.5) is 0 Å². The molecule has 0 saturated carbocycles. The fourth-order valence-electron chi connectivity index (χ4n) is 3.78. The number of methoxy groups -OCH3 is 1. The van der Waals surface area contributed by atoms with Gasteiger partial charge in [-0.25, -0.2) is 0 Å². The quantitative estimate of drug-likeness (QED) is 0.313. The minimum atomic E-state index is -0.709. The Labute approximate surface area is 222 Å². The van der Waals surface area contributed by atoms with E-state index in [0.717, 1.165) is 11.3 Å². The number of likely N-dealkylation sites (N-methyl/N-ethyl adjacent to an activating group) is 1. The summed E-state index contributed by atoms with van der Waals surface area (Å²) in [5.74, 6) is 1.03. The number of amides is 2. The van der Waals surface area contributed by atoms with Crippen molar-refractivity contribution in [1.29, 1.82) is 0 Å². The molecule has 1 atom stereocenters. The van der Waals surface area contributed by atoms with E-state index in [-0.39, 0.29) is 24.8 Å². The standard InChI is InChI=1S/C28H30Cl2N2O4/c1-31-28(34)26(17-20-7-4-3-5-8-20)32(19-21-10-11-22(29)18-25(21)30)27(33)9-6-16-36-24-14-12-23(35-2)13-15-24/h3-5,7-8,10-15,18,26H,6,9,16-17,19H2,1-2H3,(H,31,34)/t26-/m1/s1. The summed E-state index contributed by atoms with van der Waals surface area (Å²) in [4.78, 5) is 28.0. The van der Waals surface area contributed by atoms with Crippen LogP contribution in [0.5, 0.6) is 11.5 Å². The summed E-state index contributed by atoms with van der Waals surface area (Å²) in [6.45, 7) is 0.538. The maximum atomic E-state index is 13.5. The highest BCUT2D eigenvalue weighted by Gasteiger charge is 2.30. The summed E-state index contributed by atoms with van der Waals surface area (Å²) in [5, 5.41) is 3.65. The third kappa shape index (κ3) is 7.90. The number of nitrogens with one attached hydrogen (secondary N) is 1. The molecule has 3 rings (SSSR count). The zero-order valence-electron chi connectivity index (χ0n) is 20.4. The zero-order valence-corrected chi connectivity index (χ0v) is 21.9. The lowest BCUT2D eigenvalue weighted by atomic mass is 10.0. The third-order valence-electron chi connectivity index (χ3n) is 5.74. The zero-order chi connectivity index (χ0) is 25.9. The second-order valence-corrected chi connectivity index (χ2v) is 9.05. The molecule has 0 unspecified atom stereocenters. The molecule has 3 aromatic rings. The van der Waals surface area contributed by atoms with Crippen LogP contribution in [0.3, 0.4) is 0 Å². The van der Waals surface area contributed by atoms with Crippen molar-refractivity contribution in [1.82, 2.24) is 10.2 Å². The molecular weight excluding hydrogens is 499 g/mol. The average Bonchev–Trinajstić information content (AvgIpc) is 2.90. The van der Waals surface area contributed by atoms with E-state index in [2.05, 4.69) is 5.32 Å². The van der Waals surface area contributed by atoms with E-state index in [1.54, 1.807) is 37.3 Å². The number of hydrogen-bond acceptors (Lipinski definition) is 4. The molecule has 0 heterocycles. The van der Waals surface area contributed by atoms with Crippen molar-refractivity contribution in [2.45, 2.75) is 31.8 Å². The van der Waals surface area contributed by atoms with Crippen LogP contribution < -0.4 is 14.8 Å². The average molecular weight is 529 g/mol. The molecular formula is C28H30Cl2N2O4. The number of rotatable bonds is 12. The van der Waals surface area contributed by atoms with E-state index in [4.69, 9.17) is 32.7 Å². The van der Waals surface area contributed by atoms with Crippen LogP contribution in [0, 0.1) is 0 Å². The van der Waals surface area contributed by atoms with Crippen LogP contribution >= 0.6 is 23.2 Å². The number of benzene rings is 3. The van der Waals surface area contributed by atoms with Gasteiger partial charge >= 0.3 is 0 Å². The predicted molar refractivity (Wildman–Crippen MR) is 143 cm³/mol. The lowest BCUT2D eigenvalue weighted by Gasteiger charge is -2.31. The van der Waals surface area contributed by atoms with E-state index >= 15 is 0 Å². The molecule has 1 N–H and O–H groups in total. The van der Waals surface area contributed by atoms with E-state index in [1.165, 1.54) is 0 Å². The second kappa shape index (κ2) is 13.8. The van der Waals surface area contributed by atoms with Crippen LogP contribution in [0.2, 0.25) is 10.0 Å². The van der Waals surface area contributed by atoms with Crippen LogP contribution in [0.15, 0.2) is 72.8 Å². The van der Waals surface area contributed by atoms with Gasteiger partial charge in [-0.3, -0.25) is 9.59 Å². The molecule has 0 fully saturated rings. The maximum Gasteiger partial charge on any atom is 0.242 e. The molecule has 6 nitrogen and oxygen atoms in total. The first-order valence-electron chi connectivity index (χ1n) is 11.7. The van der Waals surface area contributed by atoms with E-state index < -0.39 is 6.04 Å². The minimum absolute atomic E-state index is 0.163. The molecule has 2 amide bonds. The fraction of sp³-hybridized carbons (Fsp3) is 0.286. The number of carbonyl (C=O) groups is 2. The predicted octanol–water partition coefficient (Wildman–Crippen LogP) is 5.55. The molecule has 0 aromatic heterocycles. The fourth-order valence-corrected chi connectivity index (χ4v) is 4.25. The highest BCUT2D eigenvalue weighted by atomic mass is 35.5. The lowest BCUT2D eigenvalue weighted by molar-refractivity contribution is -0.141. The van der Waals surface area contributed by atoms with Crippen molar-refractivity contribution in [3.05, 3.63) is 94.0 Å².